The molecule has 0 fully saturated rings. The number of halogens is 4. The van der Waals surface area contributed by atoms with E-state index >= 15 is 0 Å². The standard InChI is InChI=1S/C11H10F4N2O4/c1-6(21-5-11(13,14)15)10(18)16-9-4-7(17(19)20)2-3-8(9)12/h2-4,6H,5H2,1H3,(H,16,18). The number of non-ortho nitro benzene ring substituents is 1. The molecule has 0 aliphatic rings. The molecule has 0 aliphatic carbocycles. The number of nitro benzene ring substituents is 1. The molecule has 0 radical (unpaired) electrons. The highest BCUT2D eigenvalue weighted by atomic mass is 19.4. The smallest absolute Gasteiger partial charge is 0.359 e. The summed E-state index contributed by atoms with van der Waals surface area (Å²) in [6.45, 7) is -0.602. The van der Waals surface area contributed by atoms with Crippen molar-refractivity contribution in [2.24, 2.45) is 0 Å². The van der Waals surface area contributed by atoms with Crippen LogP contribution in [-0.4, -0.2) is 29.7 Å². The van der Waals surface area contributed by atoms with Gasteiger partial charge in [-0.05, 0) is 13.0 Å². The Kier molecular flexibility index (Phi) is 5.19. The van der Waals surface area contributed by atoms with E-state index in [1.165, 1.54) is 0 Å². The van der Waals surface area contributed by atoms with Gasteiger partial charge in [0, 0.05) is 12.1 Å². The lowest BCUT2D eigenvalue weighted by Gasteiger charge is -2.14. The summed E-state index contributed by atoms with van der Waals surface area (Å²) in [6.07, 6.45) is -6.11. The number of nitrogens with one attached hydrogen (secondary N) is 1. The van der Waals surface area contributed by atoms with Gasteiger partial charge < -0.3 is 10.1 Å². The SMILES string of the molecule is CC(OCC(F)(F)F)C(=O)Nc1cc([N+](=O)[O-])ccc1F. The van der Waals surface area contributed by atoms with Gasteiger partial charge in [-0.1, -0.05) is 0 Å². The molecule has 0 saturated carbocycles. The van der Waals surface area contributed by atoms with Crippen LogP contribution in [0.5, 0.6) is 0 Å². The van der Waals surface area contributed by atoms with Crippen molar-refractivity contribution in [2.45, 2.75) is 19.2 Å². The van der Waals surface area contributed by atoms with Crippen molar-refractivity contribution in [2.75, 3.05) is 11.9 Å². The average molecular weight is 310 g/mol. The van der Waals surface area contributed by atoms with Gasteiger partial charge in [-0.2, -0.15) is 13.2 Å². The zero-order chi connectivity index (χ0) is 16.2. The molecule has 1 rings (SSSR count). The number of nitro groups is 1. The predicted molar refractivity (Wildman–Crippen MR) is 63.2 cm³/mol. The summed E-state index contributed by atoms with van der Waals surface area (Å²) in [5.74, 6) is -2.02. The normalized spacial score (nSPS) is 12.8. The third-order valence-corrected chi connectivity index (χ3v) is 2.28. The van der Waals surface area contributed by atoms with E-state index in [1.807, 2.05) is 5.32 Å². The molecule has 1 atom stereocenters. The van der Waals surface area contributed by atoms with Gasteiger partial charge in [0.1, 0.15) is 18.5 Å². The molecule has 0 aliphatic heterocycles. The van der Waals surface area contributed by atoms with Crippen LogP contribution < -0.4 is 5.32 Å². The second kappa shape index (κ2) is 6.48. The van der Waals surface area contributed by atoms with E-state index in [9.17, 15) is 32.5 Å². The lowest BCUT2D eigenvalue weighted by atomic mass is 10.2. The third kappa shape index (κ3) is 5.34. The van der Waals surface area contributed by atoms with Gasteiger partial charge in [0.25, 0.3) is 11.6 Å². The van der Waals surface area contributed by atoms with Gasteiger partial charge in [-0.3, -0.25) is 14.9 Å². The van der Waals surface area contributed by atoms with Gasteiger partial charge in [0.05, 0.1) is 10.6 Å². The zero-order valence-corrected chi connectivity index (χ0v) is 10.6. The molecule has 1 unspecified atom stereocenters. The van der Waals surface area contributed by atoms with Crippen LogP contribution in [-0.2, 0) is 9.53 Å². The minimum Gasteiger partial charge on any atom is -0.359 e. The van der Waals surface area contributed by atoms with Crippen LogP contribution in [0.3, 0.4) is 0 Å². The molecule has 0 bridgehead atoms. The Morgan fingerprint density at radius 2 is 2.10 bits per heavy atom. The lowest BCUT2D eigenvalue weighted by Crippen LogP contribution is -2.31. The van der Waals surface area contributed by atoms with E-state index in [2.05, 4.69) is 4.74 Å². The molecule has 6 nitrogen and oxygen atoms in total. The number of carbonyl (C=O) groups excluding carboxylic acids is 1. The van der Waals surface area contributed by atoms with E-state index in [1.54, 1.807) is 0 Å². The highest BCUT2D eigenvalue weighted by Crippen LogP contribution is 2.22. The number of carbonyl (C=O) groups is 1. The van der Waals surface area contributed by atoms with Crippen molar-refractivity contribution < 1.29 is 32.0 Å². The van der Waals surface area contributed by atoms with Crippen LogP contribution in [0.4, 0.5) is 28.9 Å². The summed E-state index contributed by atoms with van der Waals surface area (Å²) < 4.78 is 53.4. The zero-order valence-electron chi connectivity index (χ0n) is 10.6. The molecule has 0 spiro atoms. The Balaban J connectivity index is 2.74. The number of rotatable bonds is 5. The Hall–Kier alpha value is -2.23. The van der Waals surface area contributed by atoms with Crippen LogP contribution in [0.1, 0.15) is 6.92 Å². The van der Waals surface area contributed by atoms with E-state index < -0.39 is 46.9 Å². The first-order valence-corrected chi connectivity index (χ1v) is 5.53. The van der Waals surface area contributed by atoms with Crippen LogP contribution in [0.15, 0.2) is 18.2 Å². The fraction of sp³-hybridized carbons (Fsp3) is 0.364. The number of nitrogens with zero attached hydrogens (tertiary/aromatic N) is 1. The van der Waals surface area contributed by atoms with Gasteiger partial charge in [-0.25, -0.2) is 4.39 Å². The van der Waals surface area contributed by atoms with Crippen LogP contribution in [0, 0.1) is 15.9 Å². The van der Waals surface area contributed by atoms with Crippen LogP contribution in [0.2, 0.25) is 0 Å². The highest BCUT2D eigenvalue weighted by molar-refractivity contribution is 5.94. The summed E-state index contributed by atoms with van der Waals surface area (Å²) in [6, 6.07) is 2.40. The molecule has 1 aromatic carbocycles. The maximum atomic E-state index is 13.4. The Morgan fingerprint density at radius 1 is 1.48 bits per heavy atom. The summed E-state index contributed by atoms with van der Waals surface area (Å²) in [4.78, 5) is 21.2. The number of amides is 1. The first-order valence-electron chi connectivity index (χ1n) is 5.53. The highest BCUT2D eigenvalue weighted by Gasteiger charge is 2.30. The molecule has 10 heteroatoms. The number of anilines is 1. The third-order valence-electron chi connectivity index (χ3n) is 2.28. The Labute approximate surface area is 115 Å². The van der Waals surface area contributed by atoms with Crippen molar-refractivity contribution in [3.05, 3.63) is 34.1 Å². The first-order chi connectivity index (χ1) is 9.60. The predicted octanol–water partition coefficient (Wildman–Crippen LogP) is 2.64. The van der Waals surface area contributed by atoms with E-state index in [0.29, 0.717) is 0 Å². The van der Waals surface area contributed by atoms with Gasteiger partial charge in [0.2, 0.25) is 0 Å². The second-order valence-corrected chi connectivity index (χ2v) is 3.98. The maximum Gasteiger partial charge on any atom is 0.411 e. The molecule has 0 heterocycles. The second-order valence-electron chi connectivity index (χ2n) is 3.98. The number of alkyl halides is 3. The van der Waals surface area contributed by atoms with E-state index in [0.717, 1.165) is 25.1 Å². The van der Waals surface area contributed by atoms with Crippen LogP contribution in [0.25, 0.3) is 0 Å². The molecule has 21 heavy (non-hydrogen) atoms. The fourth-order valence-electron chi connectivity index (χ4n) is 1.25. The van der Waals surface area contributed by atoms with Crippen LogP contribution >= 0.6 is 0 Å². The Bertz CT molecular complexity index is 548. The maximum absolute atomic E-state index is 13.4. The minimum atomic E-state index is -4.61. The molecule has 1 aromatic rings. The van der Waals surface area contributed by atoms with Gasteiger partial charge in [-0.15, -0.1) is 0 Å². The van der Waals surface area contributed by atoms with E-state index in [4.69, 9.17) is 0 Å². The molecule has 1 amide bonds. The fourth-order valence-corrected chi connectivity index (χ4v) is 1.25. The molecular formula is C11H10F4N2O4. The molecular weight excluding hydrogens is 300 g/mol. The number of benzene rings is 1. The molecule has 1 N–H and O–H groups in total. The number of hydrogen-bond donors (Lipinski definition) is 1. The van der Waals surface area contributed by atoms with Gasteiger partial charge >= 0.3 is 6.18 Å². The van der Waals surface area contributed by atoms with Crippen molar-refractivity contribution in [1.82, 2.24) is 0 Å². The monoisotopic (exact) mass is 310 g/mol. The largest absolute Gasteiger partial charge is 0.411 e. The first kappa shape index (κ1) is 16.8. The van der Waals surface area contributed by atoms with E-state index in [-0.39, 0.29) is 0 Å². The molecule has 0 aromatic heterocycles. The molecule has 0 saturated heterocycles. The summed E-state index contributed by atoms with van der Waals surface area (Å²) in [5.41, 5.74) is -0.993. The number of hydrogen-bond acceptors (Lipinski definition) is 4. The van der Waals surface area contributed by atoms with Crippen molar-refractivity contribution in [1.29, 1.82) is 0 Å². The Morgan fingerprint density at radius 3 is 2.62 bits per heavy atom. The summed E-state index contributed by atoms with van der Waals surface area (Å²) in [7, 11) is 0. The topological polar surface area (TPSA) is 81.5 Å². The quantitative estimate of drug-likeness (QED) is 0.515. The van der Waals surface area contributed by atoms with Crippen molar-refractivity contribution >= 4 is 17.3 Å². The van der Waals surface area contributed by atoms with Crippen molar-refractivity contribution in [3.63, 3.8) is 0 Å². The molecule has 116 valence electrons. The number of ether oxygens (including phenoxy) is 1. The summed E-state index contributed by atoms with van der Waals surface area (Å²) in [5, 5.41) is 12.4. The average Bonchev–Trinajstić information content (AvgIpc) is 2.37. The van der Waals surface area contributed by atoms with Gasteiger partial charge in [0.15, 0.2) is 0 Å². The van der Waals surface area contributed by atoms with Crippen molar-refractivity contribution in [3.8, 4) is 0 Å². The minimum absolute atomic E-state index is 0.476. The summed E-state index contributed by atoms with van der Waals surface area (Å²) >= 11 is 0. The lowest BCUT2D eigenvalue weighted by molar-refractivity contribution is -0.384.